The number of aryl methyl sites for hydroxylation is 1. The molecular formula is C47H32N4. The highest BCUT2D eigenvalue weighted by Crippen LogP contribution is 2.41. The Balaban J connectivity index is 1.33. The highest BCUT2D eigenvalue weighted by molar-refractivity contribution is 6.13. The normalized spacial score (nSPS) is 11.2. The molecule has 0 spiro atoms. The molecule has 0 atom stereocenters. The summed E-state index contributed by atoms with van der Waals surface area (Å²) < 4.78 is 0. The molecule has 0 saturated heterocycles. The van der Waals surface area contributed by atoms with Crippen molar-refractivity contribution in [3.05, 3.63) is 182 Å². The molecule has 0 aliphatic heterocycles. The smallest absolute Gasteiger partial charge is 0.160 e. The molecule has 0 N–H and O–H groups in total. The second-order valence-electron chi connectivity index (χ2n) is 12.8. The van der Waals surface area contributed by atoms with E-state index >= 15 is 0 Å². The maximum atomic E-state index is 5.24. The Morgan fingerprint density at radius 1 is 0.353 bits per heavy atom. The van der Waals surface area contributed by atoms with Crippen LogP contribution in [0.1, 0.15) is 5.69 Å². The number of aromatic nitrogens is 4. The van der Waals surface area contributed by atoms with Crippen molar-refractivity contribution in [1.82, 2.24) is 19.9 Å². The van der Waals surface area contributed by atoms with Gasteiger partial charge in [-0.3, -0.25) is 0 Å². The number of rotatable bonds is 6. The van der Waals surface area contributed by atoms with Gasteiger partial charge < -0.3 is 0 Å². The molecular weight excluding hydrogens is 621 g/mol. The zero-order chi connectivity index (χ0) is 34.1. The van der Waals surface area contributed by atoms with Crippen LogP contribution in [0, 0.1) is 6.92 Å². The first-order chi connectivity index (χ1) is 25.2. The third-order valence-corrected chi connectivity index (χ3v) is 9.37. The standard InChI is InChI=1S/C47H32N4/c1-31-23-24-48-46(49-31)37-20-12-19-34(25-37)38-27-39(45-41-21-10-8-17-35(41)26-36-18-9-11-22-42(36)45)29-40(28-38)47-50-43(32-13-4-2-5-14-32)30-44(51-47)33-15-6-3-7-16-33/h2-30H,1H3. The van der Waals surface area contributed by atoms with Crippen molar-refractivity contribution in [3.8, 4) is 67.5 Å². The topological polar surface area (TPSA) is 51.6 Å². The monoisotopic (exact) mass is 652 g/mol. The molecule has 4 heteroatoms. The lowest BCUT2D eigenvalue weighted by Crippen LogP contribution is -1.97. The molecule has 7 aromatic carbocycles. The van der Waals surface area contributed by atoms with Gasteiger partial charge in [0, 0.05) is 34.1 Å². The van der Waals surface area contributed by atoms with Gasteiger partial charge in [-0.1, -0.05) is 127 Å². The molecule has 0 radical (unpaired) electrons. The number of fused-ring (bicyclic) bond motifs is 2. The van der Waals surface area contributed by atoms with Gasteiger partial charge in [-0.05, 0) is 93.2 Å². The molecule has 0 aliphatic rings. The molecule has 0 amide bonds. The van der Waals surface area contributed by atoms with Crippen LogP contribution in [-0.2, 0) is 0 Å². The van der Waals surface area contributed by atoms with E-state index in [4.69, 9.17) is 15.0 Å². The van der Waals surface area contributed by atoms with Gasteiger partial charge in [0.15, 0.2) is 11.6 Å². The van der Waals surface area contributed by atoms with Gasteiger partial charge >= 0.3 is 0 Å². The SMILES string of the molecule is Cc1ccnc(-c2cccc(-c3cc(-c4nc(-c5ccccc5)cc(-c5ccccc5)n4)cc(-c4c5ccccc5cc5ccccc45)c3)c2)n1. The van der Waals surface area contributed by atoms with E-state index in [1.807, 2.05) is 31.3 Å². The summed E-state index contributed by atoms with van der Waals surface area (Å²) in [4.78, 5) is 19.8. The Labute approximate surface area is 296 Å². The summed E-state index contributed by atoms with van der Waals surface area (Å²) in [5.74, 6) is 1.38. The van der Waals surface area contributed by atoms with Crippen LogP contribution in [0.15, 0.2) is 176 Å². The Hall–Kier alpha value is -6.78. The molecule has 0 unspecified atom stereocenters. The lowest BCUT2D eigenvalue weighted by atomic mass is 9.89. The van der Waals surface area contributed by atoms with E-state index < -0.39 is 0 Å². The third-order valence-electron chi connectivity index (χ3n) is 9.37. The Morgan fingerprint density at radius 3 is 1.53 bits per heavy atom. The summed E-state index contributed by atoms with van der Waals surface area (Å²) in [5.41, 5.74) is 11.1. The van der Waals surface area contributed by atoms with Crippen LogP contribution in [-0.4, -0.2) is 19.9 Å². The highest BCUT2D eigenvalue weighted by Gasteiger charge is 2.17. The van der Waals surface area contributed by atoms with Crippen LogP contribution in [0.5, 0.6) is 0 Å². The number of nitrogens with zero attached hydrogens (tertiary/aromatic N) is 4. The fourth-order valence-corrected chi connectivity index (χ4v) is 6.91. The zero-order valence-corrected chi connectivity index (χ0v) is 28.0. The lowest BCUT2D eigenvalue weighted by Gasteiger charge is -2.16. The number of hydrogen-bond acceptors (Lipinski definition) is 4. The fourth-order valence-electron chi connectivity index (χ4n) is 6.91. The van der Waals surface area contributed by atoms with E-state index in [1.54, 1.807) is 0 Å². The predicted molar refractivity (Wildman–Crippen MR) is 210 cm³/mol. The second kappa shape index (κ2) is 12.9. The first-order valence-electron chi connectivity index (χ1n) is 17.1. The fraction of sp³-hybridized carbons (Fsp3) is 0.0213. The molecule has 0 fully saturated rings. The van der Waals surface area contributed by atoms with E-state index in [0.717, 1.165) is 56.0 Å². The minimum absolute atomic E-state index is 0.668. The van der Waals surface area contributed by atoms with E-state index in [2.05, 4.69) is 157 Å². The van der Waals surface area contributed by atoms with Gasteiger partial charge in [0.25, 0.3) is 0 Å². The van der Waals surface area contributed by atoms with E-state index in [-0.39, 0.29) is 0 Å². The molecule has 2 aromatic heterocycles. The maximum absolute atomic E-state index is 5.24. The van der Waals surface area contributed by atoms with E-state index in [9.17, 15) is 0 Å². The average molecular weight is 653 g/mol. The van der Waals surface area contributed by atoms with Gasteiger partial charge in [-0.2, -0.15) is 0 Å². The Bertz CT molecular complexity index is 2590. The molecule has 0 saturated carbocycles. The van der Waals surface area contributed by atoms with Crippen molar-refractivity contribution in [2.75, 3.05) is 0 Å². The number of benzene rings is 7. The van der Waals surface area contributed by atoms with Crippen molar-refractivity contribution in [2.24, 2.45) is 0 Å². The van der Waals surface area contributed by atoms with Gasteiger partial charge in [0.05, 0.1) is 11.4 Å². The Kier molecular flexibility index (Phi) is 7.67. The van der Waals surface area contributed by atoms with Crippen LogP contribution in [0.3, 0.4) is 0 Å². The van der Waals surface area contributed by atoms with E-state index in [1.165, 1.54) is 27.1 Å². The van der Waals surface area contributed by atoms with Gasteiger partial charge in [-0.25, -0.2) is 19.9 Å². The molecule has 4 nitrogen and oxygen atoms in total. The lowest BCUT2D eigenvalue weighted by molar-refractivity contribution is 1.11. The van der Waals surface area contributed by atoms with E-state index in [0.29, 0.717) is 11.6 Å². The summed E-state index contributed by atoms with van der Waals surface area (Å²) >= 11 is 0. The Morgan fingerprint density at radius 2 is 0.882 bits per heavy atom. The minimum atomic E-state index is 0.668. The number of hydrogen-bond donors (Lipinski definition) is 0. The van der Waals surface area contributed by atoms with Crippen molar-refractivity contribution >= 4 is 21.5 Å². The molecule has 51 heavy (non-hydrogen) atoms. The van der Waals surface area contributed by atoms with Crippen LogP contribution in [0.2, 0.25) is 0 Å². The first-order valence-corrected chi connectivity index (χ1v) is 17.1. The van der Waals surface area contributed by atoms with Crippen LogP contribution in [0.25, 0.3) is 89.1 Å². The van der Waals surface area contributed by atoms with Crippen LogP contribution >= 0.6 is 0 Å². The van der Waals surface area contributed by atoms with Gasteiger partial charge in [-0.15, -0.1) is 0 Å². The summed E-state index contributed by atoms with van der Waals surface area (Å²) in [7, 11) is 0. The van der Waals surface area contributed by atoms with Crippen LogP contribution < -0.4 is 0 Å². The van der Waals surface area contributed by atoms with Gasteiger partial charge in [0.2, 0.25) is 0 Å². The third kappa shape index (κ3) is 5.94. The summed E-state index contributed by atoms with van der Waals surface area (Å²) in [6.07, 6.45) is 1.82. The summed E-state index contributed by atoms with van der Waals surface area (Å²) in [6, 6.07) is 59.5. The van der Waals surface area contributed by atoms with Crippen molar-refractivity contribution in [2.45, 2.75) is 6.92 Å². The van der Waals surface area contributed by atoms with Crippen molar-refractivity contribution in [3.63, 3.8) is 0 Å². The molecule has 9 aromatic rings. The quantitative estimate of drug-likeness (QED) is 0.168. The minimum Gasteiger partial charge on any atom is -0.237 e. The zero-order valence-electron chi connectivity index (χ0n) is 28.0. The largest absolute Gasteiger partial charge is 0.237 e. The van der Waals surface area contributed by atoms with Crippen LogP contribution in [0.4, 0.5) is 0 Å². The molecule has 2 heterocycles. The van der Waals surface area contributed by atoms with Crippen molar-refractivity contribution < 1.29 is 0 Å². The molecule has 9 rings (SSSR count). The summed E-state index contributed by atoms with van der Waals surface area (Å²) in [6.45, 7) is 1.99. The van der Waals surface area contributed by atoms with Gasteiger partial charge in [0.1, 0.15) is 0 Å². The first kappa shape index (κ1) is 30.3. The second-order valence-corrected chi connectivity index (χ2v) is 12.8. The molecule has 240 valence electrons. The average Bonchev–Trinajstić information content (AvgIpc) is 3.20. The van der Waals surface area contributed by atoms with Crippen molar-refractivity contribution in [1.29, 1.82) is 0 Å². The molecule has 0 aliphatic carbocycles. The predicted octanol–water partition coefficient (Wildman–Crippen LogP) is 11.9. The maximum Gasteiger partial charge on any atom is 0.160 e. The summed E-state index contributed by atoms with van der Waals surface area (Å²) in [5, 5.41) is 4.80. The highest BCUT2D eigenvalue weighted by atomic mass is 14.9. The molecule has 0 bridgehead atoms.